The van der Waals surface area contributed by atoms with E-state index in [1.165, 1.54) is 6.42 Å². The van der Waals surface area contributed by atoms with Gasteiger partial charge in [0.15, 0.2) is 0 Å². The third-order valence-corrected chi connectivity index (χ3v) is 1.70. The molecular formula is C13H20O. The second-order valence-corrected chi connectivity index (χ2v) is 3.60. The lowest BCUT2D eigenvalue weighted by Crippen LogP contribution is -1.82. The lowest BCUT2D eigenvalue weighted by Gasteiger charge is -1.96. The van der Waals surface area contributed by atoms with Gasteiger partial charge in [0.1, 0.15) is 5.75 Å². The van der Waals surface area contributed by atoms with Crippen molar-refractivity contribution in [3.05, 3.63) is 43.0 Å². The Balaban J connectivity index is 0.000000241. The maximum atomic E-state index is 8.63. The molecule has 14 heavy (non-hydrogen) atoms. The fourth-order valence-corrected chi connectivity index (χ4v) is 0.879. The molecule has 0 amide bonds. The van der Waals surface area contributed by atoms with Gasteiger partial charge in [0.25, 0.3) is 0 Å². The molecule has 1 N–H and O–H groups in total. The average molecular weight is 192 g/mol. The summed E-state index contributed by atoms with van der Waals surface area (Å²) in [6, 6.07) is 8.71. The fourth-order valence-electron chi connectivity index (χ4n) is 0.879. The molecule has 0 atom stereocenters. The Kier molecular flexibility index (Phi) is 7.62. The van der Waals surface area contributed by atoms with Gasteiger partial charge in [-0.3, -0.25) is 0 Å². The molecule has 0 aliphatic heterocycles. The molecule has 0 fully saturated rings. The van der Waals surface area contributed by atoms with Crippen LogP contribution in [0, 0.1) is 5.92 Å². The molecule has 0 radical (unpaired) electrons. The summed E-state index contributed by atoms with van der Waals surface area (Å²) in [4.78, 5) is 0. The van der Waals surface area contributed by atoms with Crippen LogP contribution in [-0.2, 0) is 0 Å². The lowest BCUT2D eigenvalue weighted by molar-refractivity contribution is 0.475. The fraction of sp³-hybridized carbons (Fsp3) is 0.385. The quantitative estimate of drug-likeness (QED) is 0.718. The molecule has 0 bridgehead atoms. The molecule has 0 spiro atoms. The predicted molar refractivity (Wildman–Crippen MR) is 62.4 cm³/mol. The van der Waals surface area contributed by atoms with Crippen LogP contribution >= 0.6 is 0 Å². The molecule has 1 aromatic carbocycles. The van der Waals surface area contributed by atoms with Crippen molar-refractivity contribution in [1.82, 2.24) is 0 Å². The monoisotopic (exact) mass is 192 g/mol. The van der Waals surface area contributed by atoms with Crippen LogP contribution in [0.15, 0.2) is 43.0 Å². The van der Waals surface area contributed by atoms with E-state index in [1.54, 1.807) is 24.3 Å². The van der Waals surface area contributed by atoms with E-state index in [0.29, 0.717) is 5.75 Å². The van der Waals surface area contributed by atoms with E-state index in [4.69, 9.17) is 5.11 Å². The summed E-state index contributed by atoms with van der Waals surface area (Å²) in [5.74, 6) is 1.15. The van der Waals surface area contributed by atoms with Crippen molar-refractivity contribution in [3.8, 4) is 5.75 Å². The van der Waals surface area contributed by atoms with Gasteiger partial charge in [0, 0.05) is 0 Å². The lowest BCUT2D eigenvalue weighted by atomic mass is 10.1. The summed E-state index contributed by atoms with van der Waals surface area (Å²) in [7, 11) is 0. The van der Waals surface area contributed by atoms with Gasteiger partial charge in [0.2, 0.25) is 0 Å². The van der Waals surface area contributed by atoms with E-state index in [9.17, 15) is 0 Å². The first-order chi connectivity index (χ1) is 6.66. The standard InChI is InChI=1S/C7H14.C6H6O/c1-4-5-6-7(2)3;7-6-4-2-1-3-5-6/h4,7H,1,5-6H2,2-3H3;1-5,7H. The van der Waals surface area contributed by atoms with Crippen molar-refractivity contribution >= 4 is 0 Å². The third-order valence-electron chi connectivity index (χ3n) is 1.70. The second kappa shape index (κ2) is 8.36. The minimum atomic E-state index is 0.322. The maximum Gasteiger partial charge on any atom is 0.115 e. The minimum Gasteiger partial charge on any atom is -0.508 e. The number of hydrogen-bond donors (Lipinski definition) is 1. The van der Waals surface area contributed by atoms with Gasteiger partial charge in [0.05, 0.1) is 0 Å². The van der Waals surface area contributed by atoms with Crippen LogP contribution < -0.4 is 0 Å². The number of phenolic OH excluding ortho intramolecular Hbond substituents is 1. The van der Waals surface area contributed by atoms with Crippen molar-refractivity contribution in [2.45, 2.75) is 26.7 Å². The largest absolute Gasteiger partial charge is 0.508 e. The summed E-state index contributed by atoms with van der Waals surface area (Å²) in [6.45, 7) is 8.08. The zero-order valence-electron chi connectivity index (χ0n) is 9.11. The number of phenols is 1. The predicted octanol–water partition coefficient (Wildman–Crippen LogP) is 4.00. The highest BCUT2D eigenvalue weighted by Gasteiger charge is 1.87. The number of para-hydroxylation sites is 1. The Bertz CT molecular complexity index is 226. The summed E-state index contributed by atoms with van der Waals surface area (Å²) in [6.07, 6.45) is 4.42. The highest BCUT2D eigenvalue weighted by molar-refractivity contribution is 5.18. The zero-order valence-corrected chi connectivity index (χ0v) is 9.11. The van der Waals surface area contributed by atoms with Crippen LogP contribution in [-0.4, -0.2) is 5.11 Å². The first-order valence-corrected chi connectivity index (χ1v) is 5.01. The summed E-state index contributed by atoms with van der Waals surface area (Å²) in [5.41, 5.74) is 0. The van der Waals surface area contributed by atoms with Gasteiger partial charge in [-0.05, 0) is 30.9 Å². The molecular weight excluding hydrogens is 172 g/mol. The maximum absolute atomic E-state index is 8.63. The van der Waals surface area contributed by atoms with Crippen LogP contribution in [0.2, 0.25) is 0 Å². The Morgan fingerprint density at radius 1 is 1.29 bits per heavy atom. The Morgan fingerprint density at radius 3 is 2.07 bits per heavy atom. The Hall–Kier alpha value is -1.24. The van der Waals surface area contributed by atoms with Gasteiger partial charge in [-0.15, -0.1) is 6.58 Å². The van der Waals surface area contributed by atoms with Gasteiger partial charge < -0.3 is 5.11 Å². The molecule has 0 aliphatic rings. The molecule has 1 rings (SSSR count). The molecule has 1 heteroatoms. The van der Waals surface area contributed by atoms with E-state index in [2.05, 4.69) is 20.4 Å². The molecule has 0 unspecified atom stereocenters. The number of allylic oxidation sites excluding steroid dienone is 1. The highest BCUT2D eigenvalue weighted by Crippen LogP contribution is 2.03. The first-order valence-electron chi connectivity index (χ1n) is 5.01. The Morgan fingerprint density at radius 2 is 1.86 bits per heavy atom. The second-order valence-electron chi connectivity index (χ2n) is 3.60. The van der Waals surface area contributed by atoms with E-state index < -0.39 is 0 Å². The van der Waals surface area contributed by atoms with Crippen molar-refractivity contribution in [2.75, 3.05) is 0 Å². The van der Waals surface area contributed by atoms with Crippen molar-refractivity contribution in [2.24, 2.45) is 5.92 Å². The summed E-state index contributed by atoms with van der Waals surface area (Å²) < 4.78 is 0. The van der Waals surface area contributed by atoms with Crippen LogP contribution in [0.25, 0.3) is 0 Å². The van der Waals surface area contributed by atoms with Crippen LogP contribution in [0.5, 0.6) is 5.75 Å². The highest BCUT2D eigenvalue weighted by atomic mass is 16.3. The topological polar surface area (TPSA) is 20.2 Å². The number of rotatable bonds is 3. The summed E-state index contributed by atoms with van der Waals surface area (Å²) >= 11 is 0. The minimum absolute atomic E-state index is 0.322. The average Bonchev–Trinajstić information content (AvgIpc) is 2.17. The normalized spacial score (nSPS) is 9.07. The van der Waals surface area contributed by atoms with Gasteiger partial charge in [-0.1, -0.05) is 38.1 Å². The molecule has 78 valence electrons. The molecule has 0 heterocycles. The first kappa shape index (κ1) is 12.8. The third kappa shape index (κ3) is 8.85. The van der Waals surface area contributed by atoms with Gasteiger partial charge in [-0.25, -0.2) is 0 Å². The van der Waals surface area contributed by atoms with E-state index >= 15 is 0 Å². The van der Waals surface area contributed by atoms with Crippen LogP contribution in [0.1, 0.15) is 26.7 Å². The van der Waals surface area contributed by atoms with Gasteiger partial charge in [-0.2, -0.15) is 0 Å². The Labute approximate surface area is 87.1 Å². The zero-order chi connectivity index (χ0) is 10.8. The SMILES string of the molecule is C=CCCC(C)C.Oc1ccccc1. The van der Waals surface area contributed by atoms with Crippen molar-refractivity contribution in [3.63, 3.8) is 0 Å². The smallest absolute Gasteiger partial charge is 0.115 e. The number of aromatic hydroxyl groups is 1. The van der Waals surface area contributed by atoms with Gasteiger partial charge >= 0.3 is 0 Å². The molecule has 0 aliphatic carbocycles. The molecule has 1 nitrogen and oxygen atoms in total. The van der Waals surface area contributed by atoms with Crippen LogP contribution in [0.3, 0.4) is 0 Å². The van der Waals surface area contributed by atoms with E-state index in [0.717, 1.165) is 12.3 Å². The number of benzene rings is 1. The number of hydrogen-bond acceptors (Lipinski definition) is 1. The van der Waals surface area contributed by atoms with Crippen molar-refractivity contribution < 1.29 is 5.11 Å². The van der Waals surface area contributed by atoms with Crippen LogP contribution in [0.4, 0.5) is 0 Å². The molecule has 1 aromatic rings. The summed E-state index contributed by atoms with van der Waals surface area (Å²) in [5, 5.41) is 8.63. The van der Waals surface area contributed by atoms with E-state index in [-0.39, 0.29) is 0 Å². The van der Waals surface area contributed by atoms with Crippen molar-refractivity contribution in [1.29, 1.82) is 0 Å². The molecule has 0 saturated carbocycles. The van der Waals surface area contributed by atoms with E-state index in [1.807, 2.05) is 12.1 Å². The molecule has 0 saturated heterocycles. The molecule has 0 aromatic heterocycles.